The summed E-state index contributed by atoms with van der Waals surface area (Å²) < 4.78 is 39.4. The number of hydrogen-bond donors (Lipinski definition) is 1. The molecular weight excluding hydrogens is 455 g/mol. The Morgan fingerprint density at radius 3 is 1.85 bits per heavy atom. The fourth-order valence-electron chi connectivity index (χ4n) is 2.53. The lowest BCUT2D eigenvalue weighted by molar-refractivity contribution is -0.153. The molecule has 0 radical (unpaired) electrons. The average Bonchev–Trinajstić information content (AvgIpc) is 2.74. The standard InChI is InChI=1S/C22H25O10P/c1-16(2)30-22(26)29-15-28-21(25)19(13-14-20(23)24)33(27,31-17-9-5-3-6-10-17)32-18-11-7-4-8-12-18/h3-12,16,19H,13-15H2,1-2H3,(H,23,24). The van der Waals surface area contributed by atoms with Crippen molar-refractivity contribution in [2.45, 2.75) is 38.5 Å². The Hall–Kier alpha value is -3.52. The number of benzene rings is 2. The molecule has 0 amide bonds. The number of carbonyl (C=O) groups excluding carboxylic acids is 2. The van der Waals surface area contributed by atoms with Gasteiger partial charge in [0.15, 0.2) is 5.66 Å². The number of hydrogen-bond acceptors (Lipinski definition) is 9. The van der Waals surface area contributed by atoms with Crippen LogP contribution in [0.5, 0.6) is 11.5 Å². The van der Waals surface area contributed by atoms with Gasteiger partial charge in [-0.05, 0) is 44.5 Å². The molecule has 2 aromatic carbocycles. The lowest BCUT2D eigenvalue weighted by Crippen LogP contribution is -2.30. The number of carboxylic acids is 1. The Balaban J connectivity index is 2.27. The van der Waals surface area contributed by atoms with Crippen LogP contribution in [0.25, 0.3) is 0 Å². The third kappa shape index (κ3) is 8.86. The molecule has 1 unspecified atom stereocenters. The van der Waals surface area contributed by atoms with E-state index in [2.05, 4.69) is 4.74 Å². The zero-order valence-electron chi connectivity index (χ0n) is 18.1. The van der Waals surface area contributed by atoms with Crippen molar-refractivity contribution in [2.24, 2.45) is 0 Å². The summed E-state index contributed by atoms with van der Waals surface area (Å²) in [4.78, 5) is 35.5. The van der Waals surface area contributed by atoms with E-state index in [9.17, 15) is 18.9 Å². The van der Waals surface area contributed by atoms with Gasteiger partial charge in [-0.2, -0.15) is 0 Å². The number of esters is 1. The van der Waals surface area contributed by atoms with Crippen molar-refractivity contribution in [2.75, 3.05) is 6.79 Å². The lowest BCUT2D eigenvalue weighted by Gasteiger charge is -2.26. The smallest absolute Gasteiger partial charge is 0.481 e. The molecule has 33 heavy (non-hydrogen) atoms. The normalized spacial score (nSPS) is 11.8. The van der Waals surface area contributed by atoms with E-state index in [1.54, 1.807) is 50.2 Å². The van der Waals surface area contributed by atoms with Gasteiger partial charge in [-0.1, -0.05) is 36.4 Å². The van der Waals surface area contributed by atoms with Crippen LogP contribution in [0.3, 0.4) is 0 Å². The molecule has 1 atom stereocenters. The zero-order chi connectivity index (χ0) is 24.3. The van der Waals surface area contributed by atoms with E-state index in [0.717, 1.165) is 0 Å². The highest BCUT2D eigenvalue weighted by molar-refractivity contribution is 7.56. The Kier molecular flexibility index (Phi) is 9.75. The first-order chi connectivity index (χ1) is 15.7. The van der Waals surface area contributed by atoms with Crippen LogP contribution in [0.4, 0.5) is 4.79 Å². The molecule has 2 rings (SSSR count). The van der Waals surface area contributed by atoms with E-state index in [4.69, 9.17) is 23.6 Å². The van der Waals surface area contributed by atoms with Crippen LogP contribution in [-0.2, 0) is 28.4 Å². The number of ether oxygens (including phenoxy) is 3. The Labute approximate surface area is 190 Å². The second-order valence-corrected chi connectivity index (χ2v) is 9.01. The quantitative estimate of drug-likeness (QED) is 0.260. The highest BCUT2D eigenvalue weighted by Gasteiger charge is 2.46. The monoisotopic (exact) mass is 480 g/mol. The molecule has 0 aliphatic carbocycles. The molecule has 0 fully saturated rings. The van der Waals surface area contributed by atoms with Crippen molar-refractivity contribution in [3.63, 3.8) is 0 Å². The predicted octanol–water partition coefficient (Wildman–Crippen LogP) is 4.63. The van der Waals surface area contributed by atoms with Gasteiger partial charge >= 0.3 is 25.7 Å². The fourth-order valence-corrected chi connectivity index (χ4v) is 4.43. The van der Waals surface area contributed by atoms with E-state index >= 15 is 0 Å². The van der Waals surface area contributed by atoms with Crippen LogP contribution in [0.15, 0.2) is 60.7 Å². The molecule has 0 aromatic heterocycles. The maximum Gasteiger partial charge on any atom is 0.511 e. The van der Waals surface area contributed by atoms with Crippen molar-refractivity contribution in [1.82, 2.24) is 0 Å². The minimum atomic E-state index is -4.38. The first-order valence-corrected chi connectivity index (χ1v) is 11.6. The van der Waals surface area contributed by atoms with E-state index in [0.29, 0.717) is 0 Å². The van der Waals surface area contributed by atoms with Crippen LogP contribution in [-0.4, -0.2) is 41.8 Å². The molecule has 0 saturated heterocycles. The van der Waals surface area contributed by atoms with Gasteiger partial charge in [-0.3, -0.25) is 9.59 Å². The molecule has 0 saturated carbocycles. The highest BCUT2D eigenvalue weighted by atomic mass is 31.2. The van der Waals surface area contributed by atoms with Gasteiger partial charge in [0.05, 0.1) is 6.10 Å². The first-order valence-electron chi connectivity index (χ1n) is 10.0. The van der Waals surface area contributed by atoms with Gasteiger partial charge in [0.2, 0.25) is 6.79 Å². The zero-order valence-corrected chi connectivity index (χ0v) is 19.0. The minimum absolute atomic E-state index is 0.140. The largest absolute Gasteiger partial charge is 0.511 e. The molecule has 0 heterocycles. The summed E-state index contributed by atoms with van der Waals surface area (Å²) in [5, 5.41) is 9.11. The average molecular weight is 480 g/mol. The van der Waals surface area contributed by atoms with Crippen molar-refractivity contribution < 1.29 is 47.3 Å². The van der Waals surface area contributed by atoms with Crippen LogP contribution in [0, 0.1) is 0 Å². The van der Waals surface area contributed by atoms with Gasteiger partial charge in [0.1, 0.15) is 11.5 Å². The molecule has 0 aliphatic heterocycles. The SMILES string of the molecule is CC(C)OC(=O)OCOC(=O)C(CCC(=O)O)P(=O)(Oc1ccccc1)Oc1ccccc1. The Bertz CT molecular complexity index is 916. The van der Waals surface area contributed by atoms with Crippen LogP contribution in [0.2, 0.25) is 0 Å². The van der Waals surface area contributed by atoms with E-state index < -0.39 is 57.1 Å². The van der Waals surface area contributed by atoms with Gasteiger partial charge in [-0.25, -0.2) is 9.36 Å². The predicted molar refractivity (Wildman–Crippen MR) is 116 cm³/mol. The second-order valence-electron chi connectivity index (χ2n) is 6.94. The lowest BCUT2D eigenvalue weighted by atomic mass is 10.2. The van der Waals surface area contributed by atoms with Gasteiger partial charge in [-0.15, -0.1) is 0 Å². The van der Waals surface area contributed by atoms with Gasteiger partial charge in [0.25, 0.3) is 0 Å². The van der Waals surface area contributed by atoms with Crippen molar-refractivity contribution >= 4 is 25.7 Å². The van der Waals surface area contributed by atoms with Gasteiger partial charge in [0, 0.05) is 6.42 Å². The van der Waals surface area contributed by atoms with Crippen LogP contribution in [0.1, 0.15) is 26.7 Å². The number of rotatable bonds is 12. The Morgan fingerprint density at radius 1 is 0.879 bits per heavy atom. The molecular formula is C22H25O10P. The summed E-state index contributed by atoms with van der Waals surface area (Å²) in [7, 11) is -4.38. The molecule has 178 valence electrons. The summed E-state index contributed by atoms with van der Waals surface area (Å²) >= 11 is 0. The van der Waals surface area contributed by atoms with E-state index in [1.165, 1.54) is 24.3 Å². The summed E-state index contributed by atoms with van der Waals surface area (Å²) in [5.41, 5.74) is -1.63. The van der Waals surface area contributed by atoms with Crippen molar-refractivity contribution in [1.29, 1.82) is 0 Å². The molecule has 11 heteroatoms. The van der Waals surface area contributed by atoms with Gasteiger partial charge < -0.3 is 28.4 Å². The molecule has 0 bridgehead atoms. The molecule has 0 aliphatic rings. The fraction of sp³-hybridized carbons (Fsp3) is 0.318. The number of carboxylic acid groups (broad SMARTS) is 1. The van der Waals surface area contributed by atoms with E-state index in [1.807, 2.05) is 0 Å². The molecule has 10 nitrogen and oxygen atoms in total. The number of carbonyl (C=O) groups is 3. The second kappa shape index (κ2) is 12.5. The van der Waals surface area contributed by atoms with Crippen molar-refractivity contribution in [3.8, 4) is 11.5 Å². The van der Waals surface area contributed by atoms with Crippen LogP contribution < -0.4 is 9.05 Å². The van der Waals surface area contributed by atoms with Crippen LogP contribution >= 0.6 is 7.60 Å². The summed E-state index contributed by atoms with van der Waals surface area (Å²) in [6, 6.07) is 15.9. The Morgan fingerprint density at radius 2 is 1.39 bits per heavy atom. The maximum atomic E-state index is 13.9. The third-order valence-corrected chi connectivity index (χ3v) is 6.11. The molecule has 2 aromatic rings. The topological polar surface area (TPSA) is 135 Å². The summed E-state index contributed by atoms with van der Waals surface area (Å²) in [6.07, 6.45) is -2.45. The first kappa shape index (κ1) is 25.7. The molecule has 0 spiro atoms. The van der Waals surface area contributed by atoms with E-state index in [-0.39, 0.29) is 11.5 Å². The number of aliphatic carboxylic acids is 1. The number of para-hydroxylation sites is 2. The molecule has 1 N–H and O–H groups in total. The maximum absolute atomic E-state index is 13.9. The highest BCUT2D eigenvalue weighted by Crippen LogP contribution is 2.54. The van der Waals surface area contributed by atoms with Crippen molar-refractivity contribution in [3.05, 3.63) is 60.7 Å². The summed E-state index contributed by atoms with van der Waals surface area (Å²) in [6.45, 7) is 2.38. The summed E-state index contributed by atoms with van der Waals surface area (Å²) in [5.74, 6) is -2.07. The third-order valence-electron chi connectivity index (χ3n) is 3.95. The minimum Gasteiger partial charge on any atom is -0.481 e.